The molecule has 0 unspecified atom stereocenters. The number of halogens is 3. The smallest absolute Gasteiger partial charge is 0.434 e. The van der Waals surface area contributed by atoms with Crippen LogP contribution in [-0.4, -0.2) is 34.2 Å². The van der Waals surface area contributed by atoms with E-state index in [9.17, 15) is 27.6 Å². The minimum absolute atomic E-state index is 0.0109. The molecule has 0 atom stereocenters. The lowest BCUT2D eigenvalue weighted by Gasteiger charge is -2.16. The fraction of sp³-hybridized carbons (Fsp3) is 0.143. The van der Waals surface area contributed by atoms with Gasteiger partial charge in [0.2, 0.25) is 0 Å². The number of ether oxygens (including phenoxy) is 1. The van der Waals surface area contributed by atoms with E-state index in [0.29, 0.717) is 4.68 Å². The predicted octanol–water partition coefficient (Wildman–Crippen LogP) is 3.87. The summed E-state index contributed by atoms with van der Waals surface area (Å²) in [6.45, 7) is 1.39. The minimum Gasteiger partial charge on any atom is -0.462 e. The van der Waals surface area contributed by atoms with Crippen molar-refractivity contribution in [1.29, 1.82) is 0 Å². The van der Waals surface area contributed by atoms with Gasteiger partial charge in [-0.15, -0.1) is 0 Å². The van der Waals surface area contributed by atoms with Crippen LogP contribution in [0.4, 0.5) is 18.9 Å². The lowest BCUT2D eigenvalue weighted by molar-refractivity contribution is -0.143. The number of imide groups is 1. The van der Waals surface area contributed by atoms with Gasteiger partial charge in [-0.05, 0) is 43.3 Å². The summed E-state index contributed by atoms with van der Waals surface area (Å²) >= 11 is 0. The monoisotopic (exact) mass is 429 g/mol. The summed E-state index contributed by atoms with van der Waals surface area (Å²) in [5.41, 5.74) is -1.30. The maximum atomic E-state index is 13.6. The maximum absolute atomic E-state index is 13.6. The van der Waals surface area contributed by atoms with Crippen LogP contribution in [0.1, 0.15) is 43.7 Å². The Hall–Kier alpha value is -3.95. The molecule has 0 radical (unpaired) electrons. The molecule has 0 aliphatic carbocycles. The average molecular weight is 429 g/mol. The molecule has 4 rings (SSSR count). The maximum Gasteiger partial charge on any atom is 0.434 e. The molecule has 3 aromatic rings. The molecule has 7 nitrogen and oxygen atoms in total. The molecular formula is C21H14F3N3O4. The fourth-order valence-corrected chi connectivity index (χ4v) is 3.34. The van der Waals surface area contributed by atoms with Crippen molar-refractivity contribution in [2.75, 3.05) is 11.5 Å². The van der Waals surface area contributed by atoms with Gasteiger partial charge in [-0.25, -0.2) is 14.4 Å². The van der Waals surface area contributed by atoms with Gasteiger partial charge in [0.05, 0.1) is 35.3 Å². The SMILES string of the molecule is CCOC(=O)c1cnn(-c2ccc(N3C(=O)c4ccccc4C3=O)cc2)c1C(F)(F)F. The highest BCUT2D eigenvalue weighted by atomic mass is 19.4. The normalized spacial score (nSPS) is 13.5. The number of aromatic nitrogens is 2. The average Bonchev–Trinajstić information content (AvgIpc) is 3.29. The highest BCUT2D eigenvalue weighted by molar-refractivity contribution is 6.34. The second-order valence-electron chi connectivity index (χ2n) is 6.54. The molecule has 2 aromatic carbocycles. The number of hydrogen-bond acceptors (Lipinski definition) is 5. The standard InChI is InChI=1S/C21H14F3N3O4/c1-2-31-20(30)16-11-25-27(17(16)21(22,23)24)13-9-7-12(8-10-13)26-18(28)14-5-3-4-6-15(14)19(26)29/h3-11H,2H2,1H3. The van der Waals surface area contributed by atoms with Gasteiger partial charge < -0.3 is 4.74 Å². The lowest BCUT2D eigenvalue weighted by atomic mass is 10.1. The largest absolute Gasteiger partial charge is 0.462 e. The van der Waals surface area contributed by atoms with Crippen molar-refractivity contribution in [2.24, 2.45) is 0 Å². The van der Waals surface area contributed by atoms with E-state index in [-0.39, 0.29) is 29.1 Å². The molecule has 0 N–H and O–H groups in total. The number of hydrogen-bond donors (Lipinski definition) is 0. The van der Waals surface area contributed by atoms with Gasteiger partial charge in [0.15, 0.2) is 5.69 Å². The summed E-state index contributed by atoms with van der Waals surface area (Å²) in [5.74, 6) is -2.18. The third-order valence-electron chi connectivity index (χ3n) is 4.68. The van der Waals surface area contributed by atoms with Crippen LogP contribution in [0.25, 0.3) is 5.69 Å². The highest BCUT2D eigenvalue weighted by Crippen LogP contribution is 2.35. The zero-order valence-electron chi connectivity index (χ0n) is 16.0. The molecule has 0 saturated carbocycles. The molecule has 2 heterocycles. The van der Waals surface area contributed by atoms with E-state index in [1.54, 1.807) is 12.1 Å². The van der Waals surface area contributed by atoms with Crippen LogP contribution in [0.15, 0.2) is 54.7 Å². The Morgan fingerprint density at radius 2 is 1.52 bits per heavy atom. The van der Waals surface area contributed by atoms with E-state index < -0.39 is 35.2 Å². The van der Waals surface area contributed by atoms with Gasteiger partial charge in [-0.1, -0.05) is 12.1 Å². The zero-order valence-corrected chi connectivity index (χ0v) is 16.0. The van der Waals surface area contributed by atoms with Crippen molar-refractivity contribution in [3.8, 4) is 5.69 Å². The van der Waals surface area contributed by atoms with Crippen molar-refractivity contribution in [2.45, 2.75) is 13.1 Å². The first-order valence-electron chi connectivity index (χ1n) is 9.14. The van der Waals surface area contributed by atoms with Crippen LogP contribution < -0.4 is 4.90 Å². The fourth-order valence-electron chi connectivity index (χ4n) is 3.34. The molecular weight excluding hydrogens is 415 g/mol. The second-order valence-corrected chi connectivity index (χ2v) is 6.54. The summed E-state index contributed by atoms with van der Waals surface area (Å²) in [7, 11) is 0. The summed E-state index contributed by atoms with van der Waals surface area (Å²) < 4.78 is 46.2. The molecule has 0 saturated heterocycles. The van der Waals surface area contributed by atoms with E-state index in [2.05, 4.69) is 9.84 Å². The molecule has 0 bridgehead atoms. The number of esters is 1. The van der Waals surface area contributed by atoms with Gasteiger partial charge in [-0.2, -0.15) is 18.3 Å². The first-order chi connectivity index (χ1) is 14.7. The summed E-state index contributed by atoms with van der Waals surface area (Å²) in [6.07, 6.45) is -4.08. The van der Waals surface area contributed by atoms with Crippen molar-refractivity contribution < 1.29 is 32.3 Å². The molecule has 10 heteroatoms. The van der Waals surface area contributed by atoms with E-state index in [4.69, 9.17) is 0 Å². The van der Waals surface area contributed by atoms with Crippen molar-refractivity contribution in [1.82, 2.24) is 9.78 Å². The Balaban J connectivity index is 1.71. The number of carbonyl (C=O) groups is 3. The molecule has 0 fully saturated rings. The van der Waals surface area contributed by atoms with Crippen LogP contribution in [0.2, 0.25) is 0 Å². The molecule has 1 aliphatic rings. The van der Waals surface area contributed by atoms with E-state index in [0.717, 1.165) is 11.1 Å². The van der Waals surface area contributed by atoms with Crippen LogP contribution in [0.3, 0.4) is 0 Å². The molecule has 1 aliphatic heterocycles. The molecule has 0 spiro atoms. The molecule has 31 heavy (non-hydrogen) atoms. The predicted molar refractivity (Wildman–Crippen MR) is 102 cm³/mol. The third kappa shape index (κ3) is 3.35. The Labute approximate surface area is 173 Å². The Morgan fingerprint density at radius 3 is 2.03 bits per heavy atom. The van der Waals surface area contributed by atoms with Crippen molar-refractivity contribution in [3.05, 3.63) is 77.1 Å². The minimum atomic E-state index is -4.88. The van der Waals surface area contributed by atoms with Gasteiger partial charge in [0.25, 0.3) is 11.8 Å². The number of anilines is 1. The Morgan fingerprint density at radius 1 is 0.968 bits per heavy atom. The number of rotatable bonds is 4. The number of nitrogens with zero attached hydrogens (tertiary/aromatic N) is 3. The number of fused-ring (bicyclic) bond motifs is 1. The number of alkyl halides is 3. The molecule has 2 amide bonds. The van der Waals surface area contributed by atoms with E-state index in [1.165, 1.54) is 43.3 Å². The Bertz CT molecular complexity index is 1160. The van der Waals surface area contributed by atoms with Gasteiger partial charge in [0.1, 0.15) is 5.56 Å². The van der Waals surface area contributed by atoms with Gasteiger partial charge in [0, 0.05) is 0 Å². The van der Waals surface area contributed by atoms with Crippen molar-refractivity contribution >= 4 is 23.5 Å². The summed E-state index contributed by atoms with van der Waals surface area (Å²) in [6, 6.07) is 11.5. The lowest BCUT2D eigenvalue weighted by Crippen LogP contribution is -2.29. The van der Waals surface area contributed by atoms with Gasteiger partial charge >= 0.3 is 12.1 Å². The highest BCUT2D eigenvalue weighted by Gasteiger charge is 2.41. The zero-order chi connectivity index (χ0) is 22.3. The molecule has 158 valence electrons. The summed E-state index contributed by atoms with van der Waals surface area (Å²) in [4.78, 5) is 38.0. The van der Waals surface area contributed by atoms with Crippen LogP contribution in [0, 0.1) is 0 Å². The quantitative estimate of drug-likeness (QED) is 0.465. The van der Waals surface area contributed by atoms with E-state index in [1.807, 2.05) is 0 Å². The number of amides is 2. The second kappa shape index (κ2) is 7.38. The van der Waals surface area contributed by atoms with Crippen LogP contribution in [0.5, 0.6) is 0 Å². The van der Waals surface area contributed by atoms with Crippen molar-refractivity contribution in [3.63, 3.8) is 0 Å². The first-order valence-corrected chi connectivity index (χ1v) is 9.14. The number of benzene rings is 2. The first kappa shape index (κ1) is 20.3. The van der Waals surface area contributed by atoms with E-state index >= 15 is 0 Å². The summed E-state index contributed by atoms with van der Waals surface area (Å²) in [5, 5.41) is 3.69. The third-order valence-corrected chi connectivity index (χ3v) is 4.68. The topological polar surface area (TPSA) is 81.5 Å². The number of carbonyl (C=O) groups excluding carboxylic acids is 3. The Kier molecular flexibility index (Phi) is 4.84. The van der Waals surface area contributed by atoms with Crippen LogP contribution >= 0.6 is 0 Å². The molecule has 1 aromatic heterocycles. The van der Waals surface area contributed by atoms with Gasteiger partial charge in [-0.3, -0.25) is 9.59 Å². The van der Waals surface area contributed by atoms with Crippen LogP contribution in [-0.2, 0) is 10.9 Å².